The Morgan fingerprint density at radius 2 is 1.92 bits per heavy atom. The third-order valence-corrected chi connectivity index (χ3v) is 10.1. The smallest absolute Gasteiger partial charge is 0.242 e. The van der Waals surface area contributed by atoms with E-state index < -0.39 is 29.8 Å². The maximum atomic E-state index is 13.6. The molecule has 16 heteroatoms. The molecule has 2 aliphatic rings. The summed E-state index contributed by atoms with van der Waals surface area (Å²) >= 11 is 1.27. The van der Waals surface area contributed by atoms with Crippen molar-refractivity contribution in [3.8, 4) is 22.5 Å². The number of hydrogen-bond acceptors (Lipinski definition) is 11. The molecule has 7 N–H and O–H groups in total. The molecule has 2 unspecified atom stereocenters. The van der Waals surface area contributed by atoms with Crippen molar-refractivity contribution in [1.29, 1.82) is 0 Å². The lowest BCUT2D eigenvalue weighted by Gasteiger charge is -2.24. The molecule has 1 saturated heterocycles. The first-order chi connectivity index (χ1) is 17.1. The van der Waals surface area contributed by atoms with Crippen LogP contribution >= 0.6 is 11.3 Å². The Morgan fingerprint density at radius 3 is 2.58 bits per heavy atom. The lowest BCUT2D eigenvalue weighted by Crippen LogP contribution is -2.48. The molecule has 2 aromatic heterocycles. The van der Waals surface area contributed by atoms with Crippen molar-refractivity contribution in [3.05, 3.63) is 30.3 Å². The van der Waals surface area contributed by atoms with Gasteiger partial charge >= 0.3 is 0 Å². The van der Waals surface area contributed by atoms with Gasteiger partial charge in [-0.1, -0.05) is 29.5 Å². The molecule has 1 aliphatic heterocycles. The normalized spacial score (nSPS) is 22.0. The van der Waals surface area contributed by atoms with Gasteiger partial charge in [0.2, 0.25) is 25.9 Å². The molecule has 2 aromatic carbocycles. The van der Waals surface area contributed by atoms with Gasteiger partial charge in [-0.3, -0.25) is 0 Å². The van der Waals surface area contributed by atoms with Gasteiger partial charge in [0.15, 0.2) is 5.13 Å². The minimum Gasteiger partial charge on any atom is -0.375 e. The number of anilines is 1. The highest BCUT2D eigenvalue weighted by molar-refractivity contribution is 7.92. The summed E-state index contributed by atoms with van der Waals surface area (Å²) in [6.07, 6.45) is 1.54. The predicted octanol–water partition coefficient (Wildman–Crippen LogP) is 0.402. The first-order valence-electron chi connectivity index (χ1n) is 11.0. The summed E-state index contributed by atoms with van der Waals surface area (Å²) in [6, 6.07) is 7.68. The number of aromatic amines is 1. The first-order valence-corrected chi connectivity index (χ1v) is 14.8. The number of benzene rings is 2. The number of para-hydroxylation sites is 1. The van der Waals surface area contributed by atoms with Crippen LogP contribution in [0.3, 0.4) is 0 Å². The second-order valence-electron chi connectivity index (χ2n) is 8.88. The van der Waals surface area contributed by atoms with E-state index in [4.69, 9.17) is 10.9 Å². The third-order valence-electron chi connectivity index (χ3n) is 6.63. The number of nitrogens with one attached hydrogen (secondary N) is 3. The highest BCUT2D eigenvalue weighted by atomic mass is 32.2. The first kappa shape index (κ1) is 23.4. The number of fused-ring (bicyclic) bond motifs is 3. The number of thiazole rings is 1. The van der Waals surface area contributed by atoms with Crippen molar-refractivity contribution < 1.29 is 16.8 Å². The summed E-state index contributed by atoms with van der Waals surface area (Å²) in [5, 5.41) is 23.0. The van der Waals surface area contributed by atoms with Crippen LogP contribution in [0.4, 0.5) is 5.13 Å². The van der Waals surface area contributed by atoms with Gasteiger partial charge in [0, 0.05) is 17.6 Å². The summed E-state index contributed by atoms with van der Waals surface area (Å²) in [5.41, 5.74) is 7.17. The van der Waals surface area contributed by atoms with Crippen molar-refractivity contribution >= 4 is 46.7 Å². The maximum Gasteiger partial charge on any atom is 0.242 e. The van der Waals surface area contributed by atoms with Crippen LogP contribution < -0.4 is 20.9 Å². The molecule has 3 heterocycles. The van der Waals surface area contributed by atoms with Gasteiger partial charge in [-0.05, 0) is 48.2 Å². The van der Waals surface area contributed by atoms with E-state index in [2.05, 4.69) is 35.6 Å². The lowest BCUT2D eigenvalue weighted by atomic mass is 9.98. The number of primary sulfonamides is 1. The zero-order chi connectivity index (χ0) is 25.2. The van der Waals surface area contributed by atoms with E-state index in [-0.39, 0.29) is 23.5 Å². The molecule has 4 aromatic rings. The number of nitrogens with two attached hydrogens (primary N) is 2. The molecule has 188 valence electrons. The number of nitrogens with zero attached hydrogens (tertiary/aromatic N) is 4. The summed E-state index contributed by atoms with van der Waals surface area (Å²) in [4.78, 5) is 3.27. The molecule has 3 atom stereocenters. The largest absolute Gasteiger partial charge is 0.375 e. The summed E-state index contributed by atoms with van der Waals surface area (Å²) in [5.74, 6) is 0.247. The van der Waals surface area contributed by atoms with Gasteiger partial charge < -0.3 is 11.1 Å². The fourth-order valence-electron chi connectivity index (χ4n) is 5.20. The standard InChI is InChI=1S/C20H21N9O4S3/c21-20-24-17-11(2-1-3-14(17)34-20)10-4-5-15(18(35(22,30)31)16(10)19-25-28-29-26-19)36(32,33)27-13-7-9-6-12(13)23-8-9/h1-5,9,12-13,23,27H,6-8H2,(H2,21,24)(H2,22,30,31)(H,25,26,28,29)/t9?,12-,13?/m0/s1. The van der Waals surface area contributed by atoms with E-state index in [1.165, 1.54) is 23.5 Å². The number of H-pyrrole nitrogens is 1. The quantitative estimate of drug-likeness (QED) is 0.224. The Bertz CT molecular complexity index is 1700. The minimum absolute atomic E-state index is 0.00798. The average Bonchev–Trinajstić information content (AvgIpc) is 3.61. The average molecular weight is 548 g/mol. The molecule has 13 nitrogen and oxygen atoms in total. The lowest BCUT2D eigenvalue weighted by molar-refractivity contribution is 0.417. The van der Waals surface area contributed by atoms with E-state index in [0.717, 1.165) is 17.7 Å². The Morgan fingerprint density at radius 1 is 1.08 bits per heavy atom. The summed E-state index contributed by atoms with van der Waals surface area (Å²) in [7, 11) is -8.89. The number of rotatable bonds is 6. The van der Waals surface area contributed by atoms with Gasteiger partial charge in [-0.25, -0.2) is 31.7 Å². The van der Waals surface area contributed by atoms with Crippen molar-refractivity contribution in [2.45, 2.75) is 34.7 Å². The number of sulfonamides is 2. The maximum absolute atomic E-state index is 13.6. The van der Waals surface area contributed by atoms with E-state index >= 15 is 0 Å². The Balaban J connectivity index is 1.60. The molecule has 36 heavy (non-hydrogen) atoms. The third kappa shape index (κ3) is 3.86. The number of hydrogen-bond donors (Lipinski definition) is 5. The van der Waals surface area contributed by atoms with Crippen LogP contribution in [0.2, 0.25) is 0 Å². The molecule has 1 aliphatic carbocycles. The number of nitrogen functional groups attached to an aromatic ring is 1. The number of aromatic nitrogens is 5. The van der Waals surface area contributed by atoms with Gasteiger partial charge in [0.1, 0.15) is 9.79 Å². The van der Waals surface area contributed by atoms with Crippen LogP contribution in [0.5, 0.6) is 0 Å². The topological polar surface area (TPSA) is 212 Å². The van der Waals surface area contributed by atoms with Crippen molar-refractivity contribution in [1.82, 2.24) is 35.6 Å². The molecule has 0 radical (unpaired) electrons. The van der Waals surface area contributed by atoms with E-state index in [0.29, 0.717) is 34.1 Å². The van der Waals surface area contributed by atoms with Crippen LogP contribution in [-0.4, -0.2) is 61.1 Å². The fourth-order valence-corrected chi connectivity index (χ4v) is 8.85. The van der Waals surface area contributed by atoms with Gasteiger partial charge in [-0.2, -0.15) is 5.21 Å². The number of tetrazole rings is 1. The Hall–Kier alpha value is -3.02. The van der Waals surface area contributed by atoms with Crippen LogP contribution in [0.25, 0.3) is 32.7 Å². The van der Waals surface area contributed by atoms with Gasteiger partial charge in [-0.15, -0.1) is 10.2 Å². The predicted molar refractivity (Wildman–Crippen MR) is 133 cm³/mol. The van der Waals surface area contributed by atoms with E-state index in [1.54, 1.807) is 12.1 Å². The zero-order valence-electron chi connectivity index (χ0n) is 18.5. The molecule has 6 rings (SSSR count). The van der Waals surface area contributed by atoms with E-state index in [9.17, 15) is 16.8 Å². The molecule has 0 amide bonds. The molecule has 2 bridgehead atoms. The highest BCUT2D eigenvalue weighted by Crippen LogP contribution is 2.42. The fraction of sp³-hybridized carbons (Fsp3) is 0.300. The van der Waals surface area contributed by atoms with Crippen LogP contribution in [0, 0.1) is 5.92 Å². The van der Waals surface area contributed by atoms with Gasteiger partial charge in [0.25, 0.3) is 0 Å². The summed E-state index contributed by atoms with van der Waals surface area (Å²) < 4.78 is 56.6. The second-order valence-corrected chi connectivity index (χ2v) is 13.1. The van der Waals surface area contributed by atoms with Crippen molar-refractivity contribution in [3.63, 3.8) is 0 Å². The second kappa shape index (κ2) is 8.25. The Labute approximate surface area is 209 Å². The Kier molecular flexibility index (Phi) is 5.36. The molecular weight excluding hydrogens is 526 g/mol. The number of piperidine rings is 1. The molecular formula is C20H21N9O4S3. The van der Waals surface area contributed by atoms with Crippen LogP contribution in [-0.2, 0) is 20.0 Å². The van der Waals surface area contributed by atoms with Crippen LogP contribution in [0.15, 0.2) is 40.1 Å². The van der Waals surface area contributed by atoms with Crippen molar-refractivity contribution in [2.24, 2.45) is 11.1 Å². The van der Waals surface area contributed by atoms with E-state index in [1.807, 2.05) is 6.07 Å². The highest BCUT2D eigenvalue weighted by Gasteiger charge is 2.42. The van der Waals surface area contributed by atoms with Gasteiger partial charge in [0.05, 0.1) is 15.8 Å². The SMILES string of the molecule is Nc1nc2c(-c3ccc(S(=O)(=O)NC4CC5CN[C@H]4C5)c(S(N)(=O)=O)c3-c3nn[nH]n3)cccc2s1. The van der Waals surface area contributed by atoms with Crippen LogP contribution in [0.1, 0.15) is 12.8 Å². The minimum atomic E-state index is -4.59. The molecule has 1 saturated carbocycles. The molecule has 2 fully saturated rings. The monoisotopic (exact) mass is 547 g/mol. The molecule has 0 spiro atoms. The van der Waals surface area contributed by atoms with Crippen molar-refractivity contribution in [2.75, 3.05) is 12.3 Å². The zero-order valence-corrected chi connectivity index (χ0v) is 21.0. The summed E-state index contributed by atoms with van der Waals surface area (Å²) in [6.45, 7) is 0.842.